The molecule has 0 fully saturated rings. The average Bonchev–Trinajstić information content (AvgIpc) is 3.21. The van der Waals surface area contributed by atoms with Crippen LogP contribution in [0.5, 0.6) is 5.75 Å². The molecule has 9 nitrogen and oxygen atoms in total. The zero-order valence-electron chi connectivity index (χ0n) is 19.0. The lowest BCUT2D eigenvalue weighted by Gasteiger charge is -2.34. The summed E-state index contributed by atoms with van der Waals surface area (Å²) in [5, 5.41) is 18.2. The maximum absolute atomic E-state index is 12.8. The first-order valence-corrected chi connectivity index (χ1v) is 11.1. The van der Waals surface area contributed by atoms with Gasteiger partial charge >= 0.3 is 6.36 Å². The number of benzene rings is 1. The molecular formula is C24H21F3N6O3. The number of hydrogen-bond donors (Lipinski definition) is 2. The lowest BCUT2D eigenvalue weighted by atomic mass is 10.00. The van der Waals surface area contributed by atoms with Gasteiger partial charge in [-0.1, -0.05) is 18.2 Å². The van der Waals surface area contributed by atoms with Gasteiger partial charge in [-0.05, 0) is 24.3 Å². The van der Waals surface area contributed by atoms with Gasteiger partial charge in [0.1, 0.15) is 12.0 Å². The third-order valence-corrected chi connectivity index (χ3v) is 5.76. The number of anilines is 1. The molecule has 5 rings (SSSR count). The Bertz CT molecular complexity index is 1440. The number of aromatic nitrogens is 4. The summed E-state index contributed by atoms with van der Waals surface area (Å²) in [5.41, 5.74) is 3.33. The topological polar surface area (TPSA) is 105 Å². The van der Waals surface area contributed by atoms with Gasteiger partial charge in [-0.3, -0.25) is 14.7 Å². The van der Waals surface area contributed by atoms with Gasteiger partial charge in [-0.2, -0.15) is 5.10 Å². The van der Waals surface area contributed by atoms with Crippen LogP contribution >= 0.6 is 0 Å². The van der Waals surface area contributed by atoms with Crippen molar-refractivity contribution in [3.8, 4) is 17.0 Å². The molecule has 0 aliphatic carbocycles. The number of hydrogen-bond acceptors (Lipinski definition) is 7. The molecule has 1 unspecified atom stereocenters. The summed E-state index contributed by atoms with van der Waals surface area (Å²) < 4.78 is 44.1. The minimum atomic E-state index is -4.81. The van der Waals surface area contributed by atoms with Crippen LogP contribution in [0, 0.1) is 0 Å². The van der Waals surface area contributed by atoms with Crippen molar-refractivity contribution in [1.29, 1.82) is 0 Å². The van der Waals surface area contributed by atoms with Crippen molar-refractivity contribution in [3.63, 3.8) is 0 Å². The second-order valence-corrected chi connectivity index (χ2v) is 8.34. The van der Waals surface area contributed by atoms with Crippen LogP contribution in [0.15, 0.2) is 54.9 Å². The van der Waals surface area contributed by atoms with E-state index < -0.39 is 12.6 Å². The van der Waals surface area contributed by atoms with Crippen LogP contribution in [-0.2, 0) is 17.8 Å². The number of halogens is 3. The van der Waals surface area contributed by atoms with Gasteiger partial charge in [0.2, 0.25) is 5.91 Å². The average molecular weight is 498 g/mol. The van der Waals surface area contributed by atoms with E-state index in [2.05, 4.69) is 25.1 Å². The van der Waals surface area contributed by atoms with Gasteiger partial charge in [0.15, 0.2) is 11.5 Å². The molecule has 0 saturated carbocycles. The Labute approximate surface area is 203 Å². The fourth-order valence-electron chi connectivity index (χ4n) is 4.17. The van der Waals surface area contributed by atoms with E-state index in [0.717, 1.165) is 0 Å². The number of aliphatic hydroxyl groups is 1. The van der Waals surface area contributed by atoms with Crippen molar-refractivity contribution in [2.75, 3.05) is 11.9 Å². The molecule has 0 radical (unpaired) electrons. The molecule has 1 aliphatic rings. The van der Waals surface area contributed by atoms with E-state index in [9.17, 15) is 23.1 Å². The number of alkyl halides is 3. The minimum absolute atomic E-state index is 0.0578. The normalized spacial score (nSPS) is 16.1. The van der Waals surface area contributed by atoms with Crippen LogP contribution in [0.1, 0.15) is 30.0 Å². The van der Waals surface area contributed by atoms with E-state index >= 15 is 0 Å². The maximum Gasteiger partial charge on any atom is 0.573 e. The van der Waals surface area contributed by atoms with E-state index in [1.165, 1.54) is 29.6 Å². The SMILES string of the molecule is CC(=O)Nc1cn2nc(-c3cnc4c(c3)C(O)N(Cc3ccccc3OC(F)(F)F)CC4)ccc2n1. The number of para-hydroxylation sites is 1. The largest absolute Gasteiger partial charge is 0.573 e. The van der Waals surface area contributed by atoms with Crippen LogP contribution < -0.4 is 10.1 Å². The van der Waals surface area contributed by atoms with E-state index in [-0.39, 0.29) is 18.2 Å². The molecule has 0 bridgehead atoms. The number of rotatable bonds is 5. The van der Waals surface area contributed by atoms with E-state index in [1.807, 2.05) is 0 Å². The van der Waals surface area contributed by atoms with Crippen LogP contribution in [0.2, 0.25) is 0 Å². The molecule has 1 amide bonds. The van der Waals surface area contributed by atoms with Crippen molar-refractivity contribution >= 4 is 17.4 Å². The van der Waals surface area contributed by atoms with Crippen molar-refractivity contribution in [2.45, 2.75) is 32.5 Å². The van der Waals surface area contributed by atoms with Crippen molar-refractivity contribution in [3.05, 3.63) is 71.7 Å². The molecule has 1 aliphatic heterocycles. The highest BCUT2D eigenvalue weighted by molar-refractivity contribution is 5.87. The Morgan fingerprint density at radius 2 is 2.06 bits per heavy atom. The number of carbonyl (C=O) groups is 1. The Morgan fingerprint density at radius 3 is 2.83 bits per heavy atom. The Balaban J connectivity index is 1.40. The number of aliphatic hydroxyl groups excluding tert-OH is 1. The maximum atomic E-state index is 12.8. The molecule has 0 spiro atoms. The molecular weight excluding hydrogens is 477 g/mol. The third kappa shape index (κ3) is 4.99. The first kappa shape index (κ1) is 23.7. The van der Waals surface area contributed by atoms with Crippen molar-refractivity contribution in [1.82, 2.24) is 24.5 Å². The van der Waals surface area contributed by atoms with E-state index in [0.29, 0.717) is 52.5 Å². The number of nitrogens with zero attached hydrogens (tertiary/aromatic N) is 5. The monoisotopic (exact) mass is 498 g/mol. The molecule has 36 heavy (non-hydrogen) atoms. The fourth-order valence-corrected chi connectivity index (χ4v) is 4.17. The van der Waals surface area contributed by atoms with Crippen LogP contribution in [-0.4, -0.2) is 48.4 Å². The highest BCUT2D eigenvalue weighted by Crippen LogP contribution is 2.33. The summed E-state index contributed by atoms with van der Waals surface area (Å²) in [6.45, 7) is 1.85. The minimum Gasteiger partial charge on any atom is -0.405 e. The molecule has 1 aromatic carbocycles. The highest BCUT2D eigenvalue weighted by atomic mass is 19.4. The number of nitrogens with one attached hydrogen (secondary N) is 1. The summed E-state index contributed by atoms with van der Waals surface area (Å²) in [7, 11) is 0. The van der Waals surface area contributed by atoms with Gasteiger partial charge in [-0.15, -0.1) is 13.2 Å². The number of pyridine rings is 1. The van der Waals surface area contributed by atoms with Gasteiger partial charge in [0.25, 0.3) is 0 Å². The van der Waals surface area contributed by atoms with Crippen LogP contribution in [0.4, 0.5) is 19.0 Å². The smallest absolute Gasteiger partial charge is 0.405 e. The summed E-state index contributed by atoms with van der Waals surface area (Å²) >= 11 is 0. The van der Waals surface area contributed by atoms with Crippen LogP contribution in [0.25, 0.3) is 16.9 Å². The fraction of sp³-hybridized carbons (Fsp3) is 0.250. The van der Waals surface area contributed by atoms with Gasteiger partial charge in [0, 0.05) is 55.0 Å². The van der Waals surface area contributed by atoms with Gasteiger partial charge in [0.05, 0.1) is 11.9 Å². The number of carbonyl (C=O) groups excluding carboxylic acids is 1. The molecule has 12 heteroatoms. The zero-order valence-corrected chi connectivity index (χ0v) is 19.0. The Kier molecular flexibility index (Phi) is 6.06. The molecule has 0 saturated heterocycles. The molecule has 3 aromatic heterocycles. The highest BCUT2D eigenvalue weighted by Gasteiger charge is 2.33. The molecule has 4 aromatic rings. The number of imidazole rings is 1. The summed E-state index contributed by atoms with van der Waals surface area (Å²) in [6.07, 6.45) is -2.13. The van der Waals surface area contributed by atoms with Gasteiger partial charge in [-0.25, -0.2) is 9.50 Å². The predicted octanol–water partition coefficient (Wildman–Crippen LogP) is 3.70. The quantitative estimate of drug-likeness (QED) is 0.432. The zero-order chi connectivity index (χ0) is 25.4. The lowest BCUT2D eigenvalue weighted by molar-refractivity contribution is -0.275. The molecule has 1 atom stereocenters. The van der Waals surface area contributed by atoms with Crippen molar-refractivity contribution < 1.29 is 27.8 Å². The first-order valence-electron chi connectivity index (χ1n) is 11.1. The summed E-state index contributed by atoms with van der Waals surface area (Å²) in [6, 6.07) is 11.1. The Hall–Kier alpha value is -4.03. The lowest BCUT2D eigenvalue weighted by Crippen LogP contribution is -2.35. The molecule has 2 N–H and O–H groups in total. The standard InChI is InChI=1S/C24H21F3N6O3/c1-14(34)29-21-13-33-22(30-21)7-6-18(31-33)16-10-17-19(28-11-16)8-9-32(23(17)35)12-15-4-2-3-5-20(15)36-24(25,26)27/h2-7,10-11,13,23,35H,8-9,12H2,1H3,(H,29,34). The first-order chi connectivity index (χ1) is 17.2. The summed E-state index contributed by atoms with van der Waals surface area (Å²) in [4.78, 5) is 21.7. The molecule has 4 heterocycles. The Morgan fingerprint density at radius 1 is 1.25 bits per heavy atom. The summed E-state index contributed by atoms with van der Waals surface area (Å²) in [5.74, 6) is -0.174. The second kappa shape index (κ2) is 9.21. The van der Waals surface area contributed by atoms with Gasteiger partial charge < -0.3 is 15.2 Å². The molecule has 186 valence electrons. The number of ether oxygens (including phenoxy) is 1. The van der Waals surface area contributed by atoms with Crippen molar-refractivity contribution in [2.24, 2.45) is 0 Å². The second-order valence-electron chi connectivity index (χ2n) is 8.34. The predicted molar refractivity (Wildman–Crippen MR) is 123 cm³/mol. The van der Waals surface area contributed by atoms with E-state index in [1.54, 1.807) is 41.6 Å². The van der Waals surface area contributed by atoms with E-state index in [4.69, 9.17) is 0 Å². The number of fused-ring (bicyclic) bond motifs is 2. The number of amides is 1. The third-order valence-electron chi connectivity index (χ3n) is 5.76. The van der Waals surface area contributed by atoms with Crippen LogP contribution in [0.3, 0.4) is 0 Å².